The highest BCUT2D eigenvalue weighted by molar-refractivity contribution is 6.01. The lowest BCUT2D eigenvalue weighted by Crippen LogP contribution is -2.22. The fourth-order valence-electron chi connectivity index (χ4n) is 2.14. The van der Waals surface area contributed by atoms with Crippen LogP contribution < -0.4 is 15.4 Å². The summed E-state index contributed by atoms with van der Waals surface area (Å²) in [6.45, 7) is 1.99. The Labute approximate surface area is 145 Å². The summed E-state index contributed by atoms with van der Waals surface area (Å²) in [5.41, 5.74) is -2.13. The average Bonchev–Trinajstić information content (AvgIpc) is 2.55. The molecule has 2 aromatic rings. The highest BCUT2D eigenvalue weighted by Gasteiger charge is 2.33. The van der Waals surface area contributed by atoms with Crippen molar-refractivity contribution >= 4 is 23.1 Å². The smallest absolute Gasteiger partial charge is 0.418 e. The molecular weight excluding hydrogens is 355 g/mol. The Kier molecular flexibility index (Phi) is 5.65. The zero-order chi connectivity index (χ0) is 19.3. The van der Waals surface area contributed by atoms with Crippen molar-refractivity contribution in [2.75, 3.05) is 17.2 Å². The van der Waals surface area contributed by atoms with E-state index in [9.17, 15) is 28.1 Å². The topological polar surface area (TPSA) is 93.5 Å². The maximum absolute atomic E-state index is 12.9. The lowest BCUT2D eigenvalue weighted by molar-refractivity contribution is -0.384. The number of hydrogen-bond donors (Lipinski definition) is 2. The minimum absolute atomic E-state index is 0.180. The highest BCUT2D eigenvalue weighted by Crippen LogP contribution is 2.35. The first-order valence-corrected chi connectivity index (χ1v) is 7.38. The number of nitro groups is 1. The minimum Gasteiger partial charge on any atom is -0.494 e. The monoisotopic (exact) mass is 369 g/mol. The van der Waals surface area contributed by atoms with Crippen molar-refractivity contribution in [1.82, 2.24) is 0 Å². The van der Waals surface area contributed by atoms with Gasteiger partial charge in [0.05, 0.1) is 28.8 Å². The van der Waals surface area contributed by atoms with E-state index >= 15 is 0 Å². The fraction of sp³-hybridized carbons (Fsp3) is 0.188. The van der Waals surface area contributed by atoms with E-state index in [1.807, 2.05) is 5.32 Å². The Morgan fingerprint density at radius 2 is 1.81 bits per heavy atom. The maximum Gasteiger partial charge on any atom is 0.418 e. The van der Waals surface area contributed by atoms with Gasteiger partial charge in [-0.2, -0.15) is 13.2 Å². The molecule has 0 bridgehead atoms. The molecule has 2 aromatic carbocycles. The molecule has 0 spiro atoms. The van der Waals surface area contributed by atoms with Gasteiger partial charge in [0.1, 0.15) is 11.4 Å². The van der Waals surface area contributed by atoms with Crippen LogP contribution in [0.25, 0.3) is 0 Å². The zero-order valence-electron chi connectivity index (χ0n) is 13.5. The summed E-state index contributed by atoms with van der Waals surface area (Å²) in [4.78, 5) is 22.4. The van der Waals surface area contributed by atoms with Crippen LogP contribution in [0.3, 0.4) is 0 Å². The molecule has 0 unspecified atom stereocenters. The van der Waals surface area contributed by atoms with Crippen molar-refractivity contribution in [3.05, 3.63) is 58.1 Å². The SMILES string of the molecule is CCOc1ccc(NC(=O)Nc2ccccc2C(F)(F)F)c([N+](=O)[O-])c1. The fourth-order valence-corrected chi connectivity index (χ4v) is 2.14. The molecule has 0 saturated heterocycles. The van der Waals surface area contributed by atoms with Gasteiger partial charge in [-0.1, -0.05) is 12.1 Å². The third-order valence-corrected chi connectivity index (χ3v) is 3.21. The van der Waals surface area contributed by atoms with Crippen LogP contribution in [0.15, 0.2) is 42.5 Å². The number of nitro benzene ring substituents is 1. The molecule has 26 heavy (non-hydrogen) atoms. The van der Waals surface area contributed by atoms with Gasteiger partial charge >= 0.3 is 12.2 Å². The molecule has 0 saturated carbocycles. The molecule has 138 valence electrons. The normalized spacial score (nSPS) is 10.9. The van der Waals surface area contributed by atoms with Crippen LogP contribution in [0.1, 0.15) is 12.5 Å². The van der Waals surface area contributed by atoms with Crippen LogP contribution in [-0.2, 0) is 6.18 Å². The Hall–Kier alpha value is -3.30. The standard InChI is InChI=1S/C16H14F3N3O4/c1-2-26-10-7-8-13(14(9-10)22(24)25)21-15(23)20-12-6-4-3-5-11(12)16(17,18)19/h3-9H,2H2,1H3,(H2,20,21,23). The van der Waals surface area contributed by atoms with E-state index in [1.165, 1.54) is 24.3 Å². The largest absolute Gasteiger partial charge is 0.494 e. The van der Waals surface area contributed by atoms with Crippen LogP contribution in [-0.4, -0.2) is 17.6 Å². The van der Waals surface area contributed by atoms with Crippen LogP contribution in [0.4, 0.5) is 35.0 Å². The second kappa shape index (κ2) is 7.72. The van der Waals surface area contributed by atoms with Gasteiger partial charge in [0.2, 0.25) is 0 Å². The number of nitrogens with zero attached hydrogens (tertiary/aromatic N) is 1. The molecule has 0 radical (unpaired) electrons. The number of rotatable bonds is 5. The molecule has 0 aromatic heterocycles. The summed E-state index contributed by atoms with van der Waals surface area (Å²) >= 11 is 0. The average molecular weight is 369 g/mol. The zero-order valence-corrected chi connectivity index (χ0v) is 13.5. The lowest BCUT2D eigenvalue weighted by atomic mass is 10.1. The predicted molar refractivity (Wildman–Crippen MR) is 88.4 cm³/mol. The van der Waals surface area contributed by atoms with Crippen molar-refractivity contribution in [2.24, 2.45) is 0 Å². The van der Waals surface area contributed by atoms with Gasteiger partial charge in [-0.05, 0) is 31.2 Å². The van der Waals surface area contributed by atoms with E-state index in [0.29, 0.717) is 6.61 Å². The van der Waals surface area contributed by atoms with E-state index < -0.39 is 34.1 Å². The van der Waals surface area contributed by atoms with Crippen molar-refractivity contribution in [3.63, 3.8) is 0 Å². The van der Waals surface area contributed by atoms with E-state index in [-0.39, 0.29) is 11.4 Å². The molecule has 0 heterocycles. The first-order chi connectivity index (χ1) is 12.2. The number of ether oxygens (including phenoxy) is 1. The Morgan fingerprint density at radius 1 is 1.15 bits per heavy atom. The van der Waals surface area contributed by atoms with Crippen LogP contribution in [0.5, 0.6) is 5.75 Å². The summed E-state index contributed by atoms with van der Waals surface area (Å²) in [6.07, 6.45) is -4.66. The highest BCUT2D eigenvalue weighted by atomic mass is 19.4. The number of nitrogens with one attached hydrogen (secondary N) is 2. The number of carbonyl (C=O) groups excluding carboxylic acids is 1. The predicted octanol–water partition coefficient (Wildman–Crippen LogP) is 4.66. The number of amides is 2. The molecular formula is C16H14F3N3O4. The number of halogens is 3. The van der Waals surface area contributed by atoms with E-state index in [2.05, 4.69) is 5.32 Å². The molecule has 0 aliphatic carbocycles. The molecule has 2 rings (SSSR count). The quantitative estimate of drug-likeness (QED) is 0.592. The van der Waals surface area contributed by atoms with Crippen LogP contribution in [0, 0.1) is 10.1 Å². The van der Waals surface area contributed by atoms with Crippen molar-refractivity contribution < 1.29 is 27.6 Å². The second-order valence-electron chi connectivity index (χ2n) is 4.99. The third-order valence-electron chi connectivity index (χ3n) is 3.21. The summed E-state index contributed by atoms with van der Waals surface area (Å²) in [5.74, 6) is 0.229. The summed E-state index contributed by atoms with van der Waals surface area (Å²) in [7, 11) is 0. The van der Waals surface area contributed by atoms with Gasteiger partial charge in [-0.25, -0.2) is 4.79 Å². The number of anilines is 2. The molecule has 0 fully saturated rings. The van der Waals surface area contributed by atoms with Gasteiger partial charge < -0.3 is 15.4 Å². The minimum atomic E-state index is -4.66. The first kappa shape index (κ1) is 19.0. The lowest BCUT2D eigenvalue weighted by Gasteiger charge is -2.14. The number of urea groups is 1. The third kappa shape index (κ3) is 4.62. The number of alkyl halides is 3. The number of hydrogen-bond acceptors (Lipinski definition) is 4. The Balaban J connectivity index is 2.22. The van der Waals surface area contributed by atoms with Gasteiger partial charge in [0.15, 0.2) is 0 Å². The van der Waals surface area contributed by atoms with E-state index in [4.69, 9.17) is 4.74 Å². The molecule has 0 aliphatic heterocycles. The van der Waals surface area contributed by atoms with Gasteiger partial charge in [-0.3, -0.25) is 10.1 Å². The summed E-state index contributed by atoms with van der Waals surface area (Å²) in [5, 5.41) is 15.4. The summed E-state index contributed by atoms with van der Waals surface area (Å²) < 4.78 is 44.0. The number of carbonyl (C=O) groups is 1. The molecule has 0 atom stereocenters. The van der Waals surface area contributed by atoms with Gasteiger partial charge in [0, 0.05) is 0 Å². The van der Waals surface area contributed by atoms with Crippen molar-refractivity contribution in [2.45, 2.75) is 13.1 Å². The van der Waals surface area contributed by atoms with E-state index in [0.717, 1.165) is 18.2 Å². The van der Waals surface area contributed by atoms with Crippen molar-refractivity contribution in [1.29, 1.82) is 0 Å². The summed E-state index contributed by atoms with van der Waals surface area (Å²) in [6, 6.07) is 7.10. The first-order valence-electron chi connectivity index (χ1n) is 7.38. The van der Waals surface area contributed by atoms with Gasteiger partial charge in [0.25, 0.3) is 5.69 Å². The molecule has 0 aliphatic rings. The van der Waals surface area contributed by atoms with Crippen molar-refractivity contribution in [3.8, 4) is 5.75 Å². The number of para-hydroxylation sites is 1. The Morgan fingerprint density at radius 3 is 2.42 bits per heavy atom. The second-order valence-corrected chi connectivity index (χ2v) is 4.99. The molecule has 2 amide bonds. The maximum atomic E-state index is 12.9. The van der Waals surface area contributed by atoms with Gasteiger partial charge in [-0.15, -0.1) is 0 Å². The van der Waals surface area contributed by atoms with Crippen LogP contribution >= 0.6 is 0 Å². The Bertz CT molecular complexity index is 825. The van der Waals surface area contributed by atoms with E-state index in [1.54, 1.807) is 6.92 Å². The molecule has 10 heteroatoms. The number of benzene rings is 2. The molecule has 7 nitrogen and oxygen atoms in total. The van der Waals surface area contributed by atoms with Crippen LogP contribution in [0.2, 0.25) is 0 Å². The molecule has 2 N–H and O–H groups in total.